The van der Waals surface area contributed by atoms with E-state index in [2.05, 4.69) is 0 Å². The summed E-state index contributed by atoms with van der Waals surface area (Å²) < 4.78 is 32.4. The first-order valence-corrected chi connectivity index (χ1v) is 7.85. The van der Waals surface area contributed by atoms with Crippen LogP contribution in [0, 0.1) is 17.6 Å². The lowest BCUT2D eigenvalue weighted by molar-refractivity contribution is -0.0717. The molecule has 1 aromatic rings. The molecule has 21 heavy (non-hydrogen) atoms. The van der Waals surface area contributed by atoms with Gasteiger partial charge in [0.1, 0.15) is 11.6 Å². The molecule has 0 saturated heterocycles. The summed E-state index contributed by atoms with van der Waals surface area (Å²) in [4.78, 5) is 0. The SMILES string of the molecule is CCOC(C(O)Cc1ccc(F)cc1F)C1CCCCC1. The maximum absolute atomic E-state index is 13.7. The molecule has 2 atom stereocenters. The van der Waals surface area contributed by atoms with Crippen LogP contribution in [-0.2, 0) is 11.2 Å². The Hall–Kier alpha value is -1.00. The van der Waals surface area contributed by atoms with Crippen LogP contribution in [0.2, 0.25) is 0 Å². The summed E-state index contributed by atoms with van der Waals surface area (Å²) in [7, 11) is 0. The summed E-state index contributed by atoms with van der Waals surface area (Å²) in [5, 5.41) is 10.5. The second kappa shape index (κ2) is 7.85. The molecule has 2 unspecified atom stereocenters. The van der Waals surface area contributed by atoms with Crippen molar-refractivity contribution in [1.82, 2.24) is 0 Å². The molecule has 1 fully saturated rings. The molecule has 0 bridgehead atoms. The largest absolute Gasteiger partial charge is 0.390 e. The van der Waals surface area contributed by atoms with Gasteiger partial charge in [-0.25, -0.2) is 8.78 Å². The monoisotopic (exact) mass is 298 g/mol. The van der Waals surface area contributed by atoms with Gasteiger partial charge in [0.05, 0.1) is 12.2 Å². The van der Waals surface area contributed by atoms with Gasteiger partial charge < -0.3 is 9.84 Å². The Balaban J connectivity index is 2.04. The van der Waals surface area contributed by atoms with Gasteiger partial charge in [0, 0.05) is 19.1 Å². The molecule has 1 aliphatic rings. The maximum Gasteiger partial charge on any atom is 0.129 e. The Bertz CT molecular complexity index is 444. The van der Waals surface area contributed by atoms with E-state index in [4.69, 9.17) is 4.74 Å². The van der Waals surface area contributed by atoms with Crippen molar-refractivity contribution in [3.63, 3.8) is 0 Å². The number of halogens is 2. The zero-order valence-corrected chi connectivity index (χ0v) is 12.5. The molecule has 0 heterocycles. The van der Waals surface area contributed by atoms with E-state index in [0.29, 0.717) is 18.1 Å². The van der Waals surface area contributed by atoms with Gasteiger partial charge in [-0.3, -0.25) is 0 Å². The van der Waals surface area contributed by atoms with Gasteiger partial charge in [0.25, 0.3) is 0 Å². The Morgan fingerprint density at radius 2 is 1.95 bits per heavy atom. The first kappa shape index (κ1) is 16.4. The maximum atomic E-state index is 13.7. The van der Waals surface area contributed by atoms with E-state index in [-0.39, 0.29) is 12.5 Å². The third-order valence-corrected chi connectivity index (χ3v) is 4.30. The molecule has 1 aliphatic carbocycles. The van der Waals surface area contributed by atoms with Crippen LogP contribution in [0.15, 0.2) is 18.2 Å². The van der Waals surface area contributed by atoms with Crippen LogP contribution in [0.5, 0.6) is 0 Å². The van der Waals surface area contributed by atoms with E-state index >= 15 is 0 Å². The van der Waals surface area contributed by atoms with Crippen LogP contribution < -0.4 is 0 Å². The Labute approximate surface area is 125 Å². The van der Waals surface area contributed by atoms with Crippen molar-refractivity contribution in [3.05, 3.63) is 35.4 Å². The highest BCUT2D eigenvalue weighted by atomic mass is 19.1. The van der Waals surface area contributed by atoms with Crippen LogP contribution in [-0.4, -0.2) is 23.9 Å². The van der Waals surface area contributed by atoms with E-state index in [1.54, 1.807) is 0 Å². The molecule has 0 aromatic heterocycles. The lowest BCUT2D eigenvalue weighted by Crippen LogP contribution is -2.38. The van der Waals surface area contributed by atoms with Crippen molar-refractivity contribution in [2.24, 2.45) is 5.92 Å². The average molecular weight is 298 g/mol. The van der Waals surface area contributed by atoms with Gasteiger partial charge in [-0.2, -0.15) is 0 Å². The van der Waals surface area contributed by atoms with Crippen molar-refractivity contribution in [2.75, 3.05) is 6.61 Å². The van der Waals surface area contributed by atoms with Crippen molar-refractivity contribution < 1.29 is 18.6 Å². The minimum absolute atomic E-state index is 0.160. The summed E-state index contributed by atoms with van der Waals surface area (Å²) >= 11 is 0. The molecule has 2 nitrogen and oxygen atoms in total. The Morgan fingerprint density at radius 3 is 2.57 bits per heavy atom. The number of aliphatic hydroxyl groups excluding tert-OH is 1. The van der Waals surface area contributed by atoms with Crippen molar-refractivity contribution in [2.45, 2.75) is 57.7 Å². The molecule has 0 spiro atoms. The van der Waals surface area contributed by atoms with Crippen molar-refractivity contribution in [3.8, 4) is 0 Å². The zero-order chi connectivity index (χ0) is 15.2. The molecule has 0 radical (unpaired) electrons. The number of aliphatic hydroxyl groups is 1. The van der Waals surface area contributed by atoms with Crippen LogP contribution >= 0.6 is 0 Å². The van der Waals surface area contributed by atoms with Crippen LogP contribution in [0.4, 0.5) is 8.78 Å². The first-order chi connectivity index (χ1) is 10.1. The van der Waals surface area contributed by atoms with Crippen LogP contribution in [0.3, 0.4) is 0 Å². The normalized spacial score (nSPS) is 19.4. The number of benzene rings is 1. The Morgan fingerprint density at radius 1 is 1.24 bits per heavy atom. The third-order valence-electron chi connectivity index (χ3n) is 4.30. The number of rotatable bonds is 6. The number of hydrogen-bond acceptors (Lipinski definition) is 2. The molecule has 0 amide bonds. The molecule has 1 N–H and O–H groups in total. The smallest absolute Gasteiger partial charge is 0.129 e. The Kier molecular flexibility index (Phi) is 6.12. The van der Waals surface area contributed by atoms with Crippen LogP contribution in [0.25, 0.3) is 0 Å². The molecular formula is C17H24F2O2. The molecule has 2 rings (SSSR count). The van der Waals surface area contributed by atoms with Gasteiger partial charge in [-0.1, -0.05) is 25.3 Å². The van der Waals surface area contributed by atoms with E-state index in [1.165, 1.54) is 18.6 Å². The lowest BCUT2D eigenvalue weighted by atomic mass is 9.82. The molecule has 1 saturated carbocycles. The third kappa shape index (κ3) is 4.48. The summed E-state index contributed by atoms with van der Waals surface area (Å²) in [5.74, 6) is -0.871. The summed E-state index contributed by atoms with van der Waals surface area (Å²) in [6.45, 7) is 2.44. The fourth-order valence-corrected chi connectivity index (χ4v) is 3.25. The molecule has 1 aromatic carbocycles. The fraction of sp³-hybridized carbons (Fsp3) is 0.647. The molecule has 118 valence electrons. The highest BCUT2D eigenvalue weighted by Gasteiger charge is 2.30. The quantitative estimate of drug-likeness (QED) is 0.864. The molecular weight excluding hydrogens is 274 g/mol. The summed E-state index contributed by atoms with van der Waals surface area (Å²) in [5.41, 5.74) is 0.337. The highest BCUT2D eigenvalue weighted by Crippen LogP contribution is 2.30. The minimum atomic E-state index is -0.756. The van der Waals surface area contributed by atoms with E-state index in [1.807, 2.05) is 6.92 Å². The van der Waals surface area contributed by atoms with Gasteiger partial charge in [0.15, 0.2) is 0 Å². The fourth-order valence-electron chi connectivity index (χ4n) is 3.25. The predicted molar refractivity (Wildman–Crippen MR) is 78.1 cm³/mol. The highest BCUT2D eigenvalue weighted by molar-refractivity contribution is 5.19. The predicted octanol–water partition coefficient (Wildman–Crippen LogP) is 3.85. The standard InChI is InChI=1S/C17H24F2O2/c1-2-21-17(12-6-4-3-5-7-12)16(20)10-13-8-9-14(18)11-15(13)19/h8-9,11-12,16-17,20H,2-7,10H2,1H3. The average Bonchev–Trinajstić information content (AvgIpc) is 2.48. The van der Waals surface area contributed by atoms with Gasteiger partial charge in [-0.05, 0) is 37.3 Å². The van der Waals surface area contributed by atoms with Gasteiger partial charge >= 0.3 is 0 Å². The topological polar surface area (TPSA) is 29.5 Å². The van der Waals surface area contributed by atoms with Gasteiger partial charge in [-0.15, -0.1) is 0 Å². The van der Waals surface area contributed by atoms with E-state index in [0.717, 1.165) is 31.7 Å². The van der Waals surface area contributed by atoms with Gasteiger partial charge in [0.2, 0.25) is 0 Å². The minimum Gasteiger partial charge on any atom is -0.390 e. The van der Waals surface area contributed by atoms with Crippen molar-refractivity contribution in [1.29, 1.82) is 0 Å². The first-order valence-electron chi connectivity index (χ1n) is 7.85. The second-order valence-corrected chi connectivity index (χ2v) is 5.83. The second-order valence-electron chi connectivity index (χ2n) is 5.83. The zero-order valence-electron chi connectivity index (χ0n) is 12.5. The van der Waals surface area contributed by atoms with Crippen molar-refractivity contribution >= 4 is 0 Å². The molecule has 0 aliphatic heterocycles. The number of ether oxygens (including phenoxy) is 1. The summed E-state index contributed by atoms with van der Waals surface area (Å²) in [6.07, 6.45) is 4.79. The van der Waals surface area contributed by atoms with E-state index < -0.39 is 17.7 Å². The number of hydrogen-bond donors (Lipinski definition) is 1. The lowest BCUT2D eigenvalue weighted by Gasteiger charge is -2.33. The van der Waals surface area contributed by atoms with E-state index in [9.17, 15) is 13.9 Å². The van der Waals surface area contributed by atoms with Crippen LogP contribution in [0.1, 0.15) is 44.6 Å². The summed E-state index contributed by atoms with van der Waals surface area (Å²) in [6, 6.07) is 3.48. The molecule has 4 heteroatoms.